The van der Waals surface area contributed by atoms with Crippen LogP contribution in [-0.4, -0.2) is 45.3 Å². The molecule has 38 heavy (non-hydrogen) atoms. The Morgan fingerprint density at radius 3 is 2.55 bits per heavy atom. The van der Waals surface area contributed by atoms with Crippen LogP contribution in [0, 0.1) is 12.8 Å². The molecule has 0 aliphatic carbocycles. The van der Waals surface area contributed by atoms with Gasteiger partial charge in [-0.1, -0.05) is 6.07 Å². The van der Waals surface area contributed by atoms with Crippen LogP contribution in [0.25, 0.3) is 10.2 Å². The van der Waals surface area contributed by atoms with Crippen LogP contribution in [0.4, 0.5) is 13.2 Å². The third-order valence-corrected chi connectivity index (χ3v) is 7.83. The molecule has 1 aliphatic heterocycles. The van der Waals surface area contributed by atoms with Gasteiger partial charge in [0.2, 0.25) is 0 Å². The zero-order valence-corrected chi connectivity index (χ0v) is 21.5. The van der Waals surface area contributed by atoms with Gasteiger partial charge in [-0.05, 0) is 56.5 Å². The minimum absolute atomic E-state index is 0.0458. The van der Waals surface area contributed by atoms with Crippen molar-refractivity contribution in [2.75, 3.05) is 13.1 Å². The molecule has 0 aromatic carbocycles. The molecule has 0 spiro atoms. The third kappa shape index (κ3) is 6.38. The van der Waals surface area contributed by atoms with Gasteiger partial charge >= 0.3 is 23.8 Å². The van der Waals surface area contributed by atoms with Crippen molar-refractivity contribution in [1.82, 2.24) is 19.4 Å². The van der Waals surface area contributed by atoms with Crippen molar-refractivity contribution in [2.24, 2.45) is 5.92 Å². The van der Waals surface area contributed by atoms with E-state index in [4.69, 9.17) is 4.74 Å². The molecule has 3 aromatic rings. The molecule has 0 radical (unpaired) electrons. The van der Waals surface area contributed by atoms with E-state index in [-0.39, 0.29) is 46.0 Å². The molecule has 3 aromatic heterocycles. The summed E-state index contributed by atoms with van der Waals surface area (Å²) in [6.07, 6.45) is -2.49. The molecule has 13 heteroatoms. The van der Waals surface area contributed by atoms with E-state index in [1.807, 2.05) is 0 Å². The molecule has 1 fully saturated rings. The van der Waals surface area contributed by atoms with Gasteiger partial charge in [0.15, 0.2) is 0 Å². The van der Waals surface area contributed by atoms with Crippen molar-refractivity contribution in [3.8, 4) is 0 Å². The Morgan fingerprint density at radius 1 is 1.16 bits per heavy atom. The van der Waals surface area contributed by atoms with Crippen LogP contribution >= 0.6 is 11.3 Å². The van der Waals surface area contributed by atoms with Gasteiger partial charge in [-0.25, -0.2) is 9.59 Å². The first-order valence-electron chi connectivity index (χ1n) is 12.2. The van der Waals surface area contributed by atoms with E-state index in [1.165, 1.54) is 6.92 Å². The molecule has 0 saturated carbocycles. The van der Waals surface area contributed by atoms with Crippen molar-refractivity contribution in [3.05, 3.63) is 61.4 Å². The summed E-state index contributed by atoms with van der Waals surface area (Å²) in [6.45, 7) is 2.15. The predicted octanol–water partition coefficient (Wildman–Crippen LogP) is 3.20. The van der Waals surface area contributed by atoms with Crippen LogP contribution in [0.3, 0.4) is 0 Å². The van der Waals surface area contributed by atoms with Crippen molar-refractivity contribution in [2.45, 2.75) is 58.3 Å². The first-order chi connectivity index (χ1) is 18.0. The van der Waals surface area contributed by atoms with Gasteiger partial charge in [0.05, 0.1) is 11.8 Å². The highest BCUT2D eigenvalue weighted by Gasteiger charge is 2.30. The molecule has 4 heterocycles. The van der Waals surface area contributed by atoms with Gasteiger partial charge in [-0.2, -0.15) is 13.2 Å². The summed E-state index contributed by atoms with van der Waals surface area (Å²) in [5, 5.41) is 3.14. The molecule has 204 valence electrons. The van der Waals surface area contributed by atoms with E-state index in [0.29, 0.717) is 17.0 Å². The number of aromatic nitrogens is 3. The molecule has 0 bridgehead atoms. The molecule has 1 aliphatic rings. The first kappa shape index (κ1) is 27.7. The molecular weight excluding hydrogens is 525 g/mol. The fourth-order valence-electron chi connectivity index (χ4n) is 4.51. The number of pyridine rings is 1. The zero-order valence-electron chi connectivity index (χ0n) is 20.7. The number of ether oxygens (including phenoxy) is 1. The van der Waals surface area contributed by atoms with Gasteiger partial charge in [-0.3, -0.25) is 23.7 Å². The lowest BCUT2D eigenvalue weighted by Gasteiger charge is -2.21. The molecule has 0 unspecified atom stereocenters. The number of nitrogens with one attached hydrogen (secondary N) is 1. The van der Waals surface area contributed by atoms with Crippen LogP contribution in [-0.2, 0) is 29.0 Å². The van der Waals surface area contributed by atoms with E-state index < -0.39 is 42.3 Å². The Labute approximate surface area is 219 Å². The number of carbonyl (C=O) groups excluding carboxylic acids is 2. The number of piperidine rings is 1. The fraction of sp³-hybridized carbons (Fsp3) is 0.480. The Hall–Kier alpha value is -3.32. The largest absolute Gasteiger partial charge is 0.390 e. The van der Waals surface area contributed by atoms with E-state index in [9.17, 15) is 32.3 Å². The maximum Gasteiger partial charge on any atom is 0.390 e. The molecular formula is C25H27F3N4O5S. The second-order valence-electron chi connectivity index (χ2n) is 9.22. The smallest absolute Gasteiger partial charge is 0.389 e. The fourth-order valence-corrected chi connectivity index (χ4v) is 5.70. The summed E-state index contributed by atoms with van der Waals surface area (Å²) < 4.78 is 46.0. The van der Waals surface area contributed by atoms with E-state index in [0.717, 1.165) is 35.1 Å². The van der Waals surface area contributed by atoms with Gasteiger partial charge in [0, 0.05) is 37.8 Å². The number of aryl methyl sites for hydroxylation is 3. The number of nitrogens with zero attached hydrogens (tertiary/aromatic N) is 3. The second-order valence-corrected chi connectivity index (χ2v) is 10.2. The lowest BCUT2D eigenvalue weighted by atomic mass is 9.95. The molecule has 9 nitrogen and oxygen atoms in total. The predicted molar refractivity (Wildman–Crippen MR) is 134 cm³/mol. The van der Waals surface area contributed by atoms with Gasteiger partial charge < -0.3 is 10.1 Å². The highest BCUT2D eigenvalue weighted by Crippen LogP contribution is 2.30. The maximum atomic E-state index is 13.4. The van der Waals surface area contributed by atoms with E-state index >= 15 is 0 Å². The van der Waals surface area contributed by atoms with Crippen LogP contribution in [0.1, 0.15) is 46.6 Å². The summed E-state index contributed by atoms with van der Waals surface area (Å²) in [6, 6.07) is 5.15. The van der Waals surface area contributed by atoms with Gasteiger partial charge in [0.25, 0.3) is 5.56 Å². The summed E-state index contributed by atoms with van der Waals surface area (Å²) in [4.78, 5) is 55.8. The summed E-state index contributed by atoms with van der Waals surface area (Å²) in [7, 11) is 0. The molecule has 1 N–H and O–H groups in total. The number of fused-ring (bicyclic) bond motifs is 1. The maximum absolute atomic E-state index is 13.4. The number of thiophene rings is 1. The number of hydrogen-bond acceptors (Lipinski definition) is 8. The van der Waals surface area contributed by atoms with Crippen LogP contribution in [0.5, 0.6) is 0 Å². The van der Waals surface area contributed by atoms with Crippen molar-refractivity contribution < 1.29 is 27.5 Å². The standard InChI is InChI=1S/C25H27F3N4O5S/c1-15-19-21(34)31(12-7-17-4-2-3-9-30-17)24(36)32(13-8-25(26,27)28)22(19)38-20(15)23(35)37-18(33)14-16-5-10-29-11-6-16/h2-4,9,16,29H,5-8,10-14H2,1H3. The monoisotopic (exact) mass is 552 g/mol. The average molecular weight is 553 g/mol. The molecule has 4 rings (SSSR count). The van der Waals surface area contributed by atoms with Crippen LogP contribution in [0.15, 0.2) is 34.0 Å². The summed E-state index contributed by atoms with van der Waals surface area (Å²) >= 11 is 0.682. The van der Waals surface area contributed by atoms with E-state index in [2.05, 4.69) is 10.3 Å². The van der Waals surface area contributed by atoms with Gasteiger partial charge in [-0.15, -0.1) is 11.3 Å². The average Bonchev–Trinajstić information content (AvgIpc) is 3.21. The van der Waals surface area contributed by atoms with Gasteiger partial charge in [0.1, 0.15) is 9.71 Å². The van der Waals surface area contributed by atoms with Crippen LogP contribution < -0.4 is 16.6 Å². The highest BCUT2D eigenvalue weighted by atomic mass is 32.1. The number of alkyl halides is 3. The Kier molecular flexibility index (Phi) is 8.46. The summed E-state index contributed by atoms with van der Waals surface area (Å²) in [5.74, 6) is -1.61. The highest BCUT2D eigenvalue weighted by molar-refractivity contribution is 7.20. The number of rotatable bonds is 8. The molecule has 0 amide bonds. The second kappa shape index (κ2) is 11.6. The minimum Gasteiger partial charge on any atom is -0.389 e. The Morgan fingerprint density at radius 2 is 1.89 bits per heavy atom. The quantitative estimate of drug-likeness (QED) is 0.337. The van der Waals surface area contributed by atoms with Crippen molar-refractivity contribution >= 4 is 33.5 Å². The van der Waals surface area contributed by atoms with Crippen LogP contribution in [0.2, 0.25) is 0 Å². The number of hydrogen-bond donors (Lipinski definition) is 1. The Balaban J connectivity index is 1.69. The zero-order chi connectivity index (χ0) is 27.4. The van der Waals surface area contributed by atoms with Crippen molar-refractivity contribution in [3.63, 3.8) is 0 Å². The first-order valence-corrected chi connectivity index (χ1v) is 13.1. The van der Waals surface area contributed by atoms with E-state index in [1.54, 1.807) is 24.4 Å². The Bertz CT molecular complexity index is 1440. The third-order valence-electron chi connectivity index (χ3n) is 6.54. The molecule has 1 saturated heterocycles. The number of halogens is 3. The summed E-state index contributed by atoms with van der Waals surface area (Å²) in [5.41, 5.74) is -0.884. The normalized spacial score (nSPS) is 14.6. The lowest BCUT2D eigenvalue weighted by Crippen LogP contribution is -2.40. The van der Waals surface area contributed by atoms with Crippen molar-refractivity contribution in [1.29, 1.82) is 0 Å². The molecule has 0 atom stereocenters. The SMILES string of the molecule is Cc1c(C(=O)OC(=O)CC2CCNCC2)sc2c1c(=O)n(CCc1ccccn1)c(=O)n2CCC(F)(F)F. The topological polar surface area (TPSA) is 112 Å². The minimum atomic E-state index is -4.55. The number of carbonyl (C=O) groups is 2. The lowest BCUT2D eigenvalue weighted by molar-refractivity contribution is -0.139. The number of esters is 2.